The number of nitrogens with one attached hydrogen (secondary N) is 2. The number of hydrogen-bond donors (Lipinski definition) is 3. The summed E-state index contributed by atoms with van der Waals surface area (Å²) in [5.41, 5.74) is 8.13. The molecule has 4 rings (SSSR count). The van der Waals surface area contributed by atoms with Crippen molar-refractivity contribution in [2.75, 3.05) is 18.4 Å². The minimum absolute atomic E-state index is 0.0146. The van der Waals surface area contributed by atoms with Crippen LogP contribution in [-0.2, 0) is 4.79 Å². The quantitative estimate of drug-likeness (QED) is 0.565. The molecule has 2 aromatic rings. The standard InChI is InChI=1S/C25H30BrN5O3/c1-16-5-7-17(8-6-16)24(33)30-13-14-31(25(34)29-21-4-2-3-18(26)15-21)23(30)22(32)28-20-11-9-19(27)10-12-20/h2-8,15,19-20,23H,9-14,27H2,1H3,(H,28,32)(H,29,34). The van der Waals surface area contributed by atoms with Gasteiger partial charge in [0.05, 0.1) is 0 Å². The van der Waals surface area contributed by atoms with Crippen LogP contribution >= 0.6 is 15.9 Å². The molecule has 0 spiro atoms. The number of aryl methyl sites for hydroxylation is 1. The van der Waals surface area contributed by atoms with Gasteiger partial charge in [-0.3, -0.25) is 14.5 Å². The number of halogens is 1. The molecule has 1 atom stereocenters. The van der Waals surface area contributed by atoms with Crippen LogP contribution in [0, 0.1) is 6.92 Å². The minimum Gasteiger partial charge on any atom is -0.350 e. The van der Waals surface area contributed by atoms with Gasteiger partial charge in [0.1, 0.15) is 0 Å². The summed E-state index contributed by atoms with van der Waals surface area (Å²) < 4.78 is 0.827. The van der Waals surface area contributed by atoms with Crippen LogP contribution in [0.5, 0.6) is 0 Å². The van der Waals surface area contributed by atoms with Crippen molar-refractivity contribution in [2.24, 2.45) is 5.73 Å². The van der Waals surface area contributed by atoms with Crippen molar-refractivity contribution in [3.8, 4) is 0 Å². The van der Waals surface area contributed by atoms with Gasteiger partial charge in [-0.1, -0.05) is 39.7 Å². The average molecular weight is 528 g/mol. The second-order valence-corrected chi connectivity index (χ2v) is 9.91. The number of carbonyl (C=O) groups excluding carboxylic acids is 3. The van der Waals surface area contributed by atoms with Gasteiger partial charge >= 0.3 is 6.03 Å². The Morgan fingerprint density at radius 1 is 0.971 bits per heavy atom. The van der Waals surface area contributed by atoms with Crippen molar-refractivity contribution in [2.45, 2.75) is 50.9 Å². The first kappa shape index (κ1) is 24.2. The molecule has 2 aromatic carbocycles. The molecule has 4 N–H and O–H groups in total. The molecule has 0 radical (unpaired) electrons. The summed E-state index contributed by atoms with van der Waals surface area (Å²) in [5.74, 6) is -0.619. The Bertz CT molecular complexity index is 1050. The van der Waals surface area contributed by atoms with E-state index in [4.69, 9.17) is 5.73 Å². The van der Waals surface area contributed by atoms with Gasteiger partial charge < -0.3 is 21.3 Å². The van der Waals surface area contributed by atoms with Crippen molar-refractivity contribution in [1.82, 2.24) is 15.1 Å². The van der Waals surface area contributed by atoms with E-state index in [9.17, 15) is 14.4 Å². The lowest BCUT2D eigenvalue weighted by atomic mass is 9.92. The van der Waals surface area contributed by atoms with Crippen LogP contribution in [0.25, 0.3) is 0 Å². The first-order valence-corrected chi connectivity index (χ1v) is 12.4. The zero-order valence-corrected chi connectivity index (χ0v) is 20.8. The molecule has 34 heavy (non-hydrogen) atoms. The number of benzene rings is 2. The molecule has 180 valence electrons. The molecule has 1 unspecified atom stereocenters. The summed E-state index contributed by atoms with van der Waals surface area (Å²) in [6.45, 7) is 2.47. The fourth-order valence-electron chi connectivity index (χ4n) is 4.50. The predicted octanol–water partition coefficient (Wildman–Crippen LogP) is 3.46. The smallest absolute Gasteiger partial charge is 0.323 e. The summed E-state index contributed by atoms with van der Waals surface area (Å²) in [7, 11) is 0. The lowest BCUT2D eigenvalue weighted by molar-refractivity contribution is -0.128. The molecule has 8 nitrogen and oxygen atoms in total. The van der Waals surface area contributed by atoms with Gasteiger partial charge in [0.25, 0.3) is 11.8 Å². The Morgan fingerprint density at radius 2 is 1.65 bits per heavy atom. The fourth-order valence-corrected chi connectivity index (χ4v) is 4.90. The van der Waals surface area contributed by atoms with Crippen molar-refractivity contribution < 1.29 is 14.4 Å². The van der Waals surface area contributed by atoms with E-state index < -0.39 is 12.2 Å². The summed E-state index contributed by atoms with van der Waals surface area (Å²) in [6.07, 6.45) is 2.23. The summed E-state index contributed by atoms with van der Waals surface area (Å²) in [5, 5.41) is 5.92. The molecule has 1 aliphatic carbocycles. The third-order valence-corrected chi connectivity index (χ3v) is 6.91. The van der Waals surface area contributed by atoms with Gasteiger partial charge in [0, 0.05) is 40.9 Å². The largest absolute Gasteiger partial charge is 0.350 e. The van der Waals surface area contributed by atoms with E-state index in [1.54, 1.807) is 24.3 Å². The number of nitrogens with two attached hydrogens (primary N) is 1. The number of anilines is 1. The number of carbonyl (C=O) groups is 3. The third-order valence-electron chi connectivity index (χ3n) is 6.42. The van der Waals surface area contributed by atoms with E-state index in [2.05, 4.69) is 26.6 Å². The Kier molecular flexibility index (Phi) is 7.53. The highest BCUT2D eigenvalue weighted by Crippen LogP contribution is 2.23. The molecule has 1 aliphatic heterocycles. The molecule has 0 aromatic heterocycles. The Balaban J connectivity index is 1.55. The van der Waals surface area contributed by atoms with Crippen molar-refractivity contribution >= 4 is 39.5 Å². The van der Waals surface area contributed by atoms with E-state index in [0.29, 0.717) is 11.3 Å². The second kappa shape index (κ2) is 10.6. The molecule has 9 heteroatoms. The van der Waals surface area contributed by atoms with E-state index >= 15 is 0 Å². The van der Waals surface area contributed by atoms with Gasteiger partial charge in [-0.05, 0) is 62.9 Å². The van der Waals surface area contributed by atoms with Crippen LogP contribution in [-0.4, -0.2) is 59.0 Å². The fraction of sp³-hybridized carbons (Fsp3) is 0.400. The van der Waals surface area contributed by atoms with Gasteiger partial charge in [-0.15, -0.1) is 0 Å². The molecule has 1 saturated heterocycles. The van der Waals surface area contributed by atoms with Crippen molar-refractivity contribution in [3.05, 3.63) is 64.1 Å². The molecule has 4 amide bonds. The van der Waals surface area contributed by atoms with Crippen LogP contribution < -0.4 is 16.4 Å². The minimum atomic E-state index is -1.03. The van der Waals surface area contributed by atoms with Crippen LogP contribution in [0.3, 0.4) is 0 Å². The van der Waals surface area contributed by atoms with Gasteiger partial charge in [-0.2, -0.15) is 0 Å². The van der Waals surface area contributed by atoms with Crippen LogP contribution in [0.2, 0.25) is 0 Å². The first-order valence-electron chi connectivity index (χ1n) is 11.6. The second-order valence-electron chi connectivity index (χ2n) is 8.99. The maximum absolute atomic E-state index is 13.5. The third kappa shape index (κ3) is 5.59. The highest BCUT2D eigenvalue weighted by Gasteiger charge is 2.43. The lowest BCUT2D eigenvalue weighted by Crippen LogP contribution is -2.56. The molecular formula is C25H30BrN5O3. The Morgan fingerprint density at radius 3 is 2.32 bits per heavy atom. The molecular weight excluding hydrogens is 498 g/mol. The lowest BCUT2D eigenvalue weighted by Gasteiger charge is -2.32. The normalized spacial score (nSPS) is 22.4. The number of hydrogen-bond acceptors (Lipinski definition) is 4. The summed E-state index contributed by atoms with van der Waals surface area (Å²) in [6, 6.07) is 14.2. The highest BCUT2D eigenvalue weighted by atomic mass is 79.9. The van der Waals surface area contributed by atoms with Crippen molar-refractivity contribution in [1.29, 1.82) is 0 Å². The van der Waals surface area contributed by atoms with E-state index in [-0.39, 0.29) is 37.0 Å². The Hall–Kier alpha value is -2.91. The Labute approximate surface area is 208 Å². The number of nitrogens with zero attached hydrogens (tertiary/aromatic N) is 2. The van der Waals surface area contributed by atoms with E-state index in [1.807, 2.05) is 31.2 Å². The summed E-state index contributed by atoms with van der Waals surface area (Å²) in [4.78, 5) is 42.9. The zero-order chi connectivity index (χ0) is 24.2. The molecule has 1 saturated carbocycles. The number of amides is 4. The monoisotopic (exact) mass is 527 g/mol. The van der Waals surface area contributed by atoms with Crippen LogP contribution in [0.4, 0.5) is 10.5 Å². The molecule has 1 heterocycles. The average Bonchev–Trinajstić information content (AvgIpc) is 3.26. The highest BCUT2D eigenvalue weighted by molar-refractivity contribution is 9.10. The maximum Gasteiger partial charge on any atom is 0.323 e. The first-order chi connectivity index (χ1) is 16.3. The van der Waals surface area contributed by atoms with Crippen LogP contribution in [0.15, 0.2) is 53.0 Å². The van der Waals surface area contributed by atoms with Gasteiger partial charge in [0.15, 0.2) is 6.17 Å². The van der Waals surface area contributed by atoms with E-state index in [0.717, 1.165) is 35.7 Å². The number of urea groups is 1. The number of rotatable bonds is 4. The predicted molar refractivity (Wildman–Crippen MR) is 134 cm³/mol. The molecule has 2 fully saturated rings. The van der Waals surface area contributed by atoms with E-state index in [1.165, 1.54) is 9.80 Å². The maximum atomic E-state index is 13.5. The molecule has 0 bridgehead atoms. The topological polar surface area (TPSA) is 108 Å². The SMILES string of the molecule is Cc1ccc(C(=O)N2CCN(C(=O)Nc3cccc(Br)c3)C2C(=O)NC2CCC(N)CC2)cc1. The molecule has 2 aliphatic rings. The van der Waals surface area contributed by atoms with Gasteiger partial charge in [-0.25, -0.2) is 4.79 Å². The summed E-state index contributed by atoms with van der Waals surface area (Å²) >= 11 is 3.40. The van der Waals surface area contributed by atoms with Crippen molar-refractivity contribution in [3.63, 3.8) is 0 Å². The zero-order valence-electron chi connectivity index (χ0n) is 19.2. The van der Waals surface area contributed by atoms with Gasteiger partial charge in [0.2, 0.25) is 0 Å². The van der Waals surface area contributed by atoms with Crippen LogP contribution in [0.1, 0.15) is 41.6 Å².